The predicted octanol–water partition coefficient (Wildman–Crippen LogP) is 6.87. The van der Waals surface area contributed by atoms with Gasteiger partial charge in [-0.15, -0.1) is 0 Å². The molecule has 0 radical (unpaired) electrons. The Morgan fingerprint density at radius 2 is 1.56 bits per heavy atom. The van der Waals surface area contributed by atoms with Crippen LogP contribution in [0.25, 0.3) is 0 Å². The molecule has 2 aromatic rings. The van der Waals surface area contributed by atoms with Gasteiger partial charge >= 0.3 is 0 Å². The third-order valence-corrected chi connectivity index (χ3v) is 6.41. The Balaban J connectivity index is 1.77. The van der Waals surface area contributed by atoms with Gasteiger partial charge < -0.3 is 0 Å². The van der Waals surface area contributed by atoms with Crippen molar-refractivity contribution < 1.29 is 0 Å². The van der Waals surface area contributed by atoms with Crippen molar-refractivity contribution in [1.29, 1.82) is 0 Å². The normalized spacial score (nSPS) is 15.7. The van der Waals surface area contributed by atoms with E-state index in [0.29, 0.717) is 0 Å². The second-order valence-electron chi connectivity index (χ2n) is 7.36. The van der Waals surface area contributed by atoms with Crippen LogP contribution in [-0.4, -0.2) is 15.4 Å². The molecule has 0 atom stereocenters. The summed E-state index contributed by atoms with van der Waals surface area (Å²) in [5.74, 6) is 1.25. The van der Waals surface area contributed by atoms with Crippen molar-refractivity contribution in [3.05, 3.63) is 71.8 Å². The van der Waals surface area contributed by atoms with Crippen LogP contribution in [0.15, 0.2) is 65.7 Å². The molecular weight excluding hydrogens is 348 g/mol. The van der Waals surface area contributed by atoms with Gasteiger partial charge in [0, 0.05) is 11.7 Å². The zero-order valence-corrected chi connectivity index (χ0v) is 17.3. The second-order valence-corrected chi connectivity index (χ2v) is 8.67. The minimum absolute atomic E-state index is 0.737. The summed E-state index contributed by atoms with van der Waals surface area (Å²) in [6, 6.07) is 21.4. The molecule has 144 valence electrons. The zero-order valence-electron chi connectivity index (χ0n) is 16.5. The quantitative estimate of drug-likeness (QED) is 0.282. The average molecular weight is 381 g/mol. The smallest absolute Gasteiger partial charge is 0.109 e. The zero-order chi connectivity index (χ0) is 18.7. The fourth-order valence-electron chi connectivity index (χ4n) is 3.56. The van der Waals surface area contributed by atoms with Crippen LogP contribution >= 0.6 is 11.9 Å². The van der Waals surface area contributed by atoms with E-state index in [-0.39, 0.29) is 0 Å². The highest BCUT2D eigenvalue weighted by Gasteiger charge is 2.21. The van der Waals surface area contributed by atoms with Crippen molar-refractivity contribution >= 4 is 17.8 Å². The van der Waals surface area contributed by atoms with Crippen molar-refractivity contribution in [3.8, 4) is 0 Å². The number of amidine groups is 1. The minimum Gasteiger partial charge on any atom is -0.300 e. The minimum atomic E-state index is 0.737. The van der Waals surface area contributed by atoms with Crippen molar-refractivity contribution in [2.75, 3.05) is 0 Å². The summed E-state index contributed by atoms with van der Waals surface area (Å²) in [5, 5.41) is 0.737. The fraction of sp³-hybridized carbons (Fsp3) is 0.458. The van der Waals surface area contributed by atoms with Gasteiger partial charge in [-0.1, -0.05) is 86.8 Å². The number of benzene rings is 2. The molecule has 27 heavy (non-hydrogen) atoms. The van der Waals surface area contributed by atoms with Gasteiger partial charge in [0.1, 0.15) is 5.84 Å². The Hall–Kier alpha value is -1.74. The van der Waals surface area contributed by atoms with Crippen LogP contribution in [0.5, 0.6) is 0 Å². The molecule has 2 nitrogen and oxygen atoms in total. The maximum Gasteiger partial charge on any atom is 0.109 e. The van der Waals surface area contributed by atoms with E-state index in [1.807, 2.05) is 11.9 Å². The second kappa shape index (κ2) is 11.2. The molecule has 3 rings (SSSR count). The number of hydrogen-bond acceptors (Lipinski definition) is 2. The predicted molar refractivity (Wildman–Crippen MR) is 119 cm³/mol. The Bertz CT molecular complexity index is 678. The summed E-state index contributed by atoms with van der Waals surface area (Å²) >= 11 is 2.05. The van der Waals surface area contributed by atoms with E-state index in [1.54, 1.807) is 0 Å². The van der Waals surface area contributed by atoms with E-state index >= 15 is 0 Å². The van der Waals surface area contributed by atoms with Gasteiger partial charge in [0.15, 0.2) is 0 Å². The van der Waals surface area contributed by atoms with Crippen molar-refractivity contribution in [2.24, 2.45) is 4.99 Å². The molecule has 0 saturated heterocycles. The lowest BCUT2D eigenvalue weighted by molar-refractivity contribution is 0.506. The molecule has 1 saturated carbocycles. The van der Waals surface area contributed by atoms with Crippen LogP contribution in [0.1, 0.15) is 63.0 Å². The van der Waals surface area contributed by atoms with E-state index in [1.165, 1.54) is 49.1 Å². The first-order chi connectivity index (χ1) is 13.3. The van der Waals surface area contributed by atoms with Crippen LogP contribution in [0.2, 0.25) is 0 Å². The SMILES string of the molecule is CCCC(=NCc1ccccc1)N(Cc1ccccc1)SC1CCCCC1. The molecule has 1 aliphatic carbocycles. The Morgan fingerprint density at radius 3 is 2.19 bits per heavy atom. The van der Waals surface area contributed by atoms with E-state index in [4.69, 9.17) is 4.99 Å². The molecule has 1 fully saturated rings. The molecule has 3 heteroatoms. The van der Waals surface area contributed by atoms with Crippen LogP contribution < -0.4 is 0 Å². The first kappa shape index (κ1) is 20.0. The van der Waals surface area contributed by atoms with Crippen molar-refractivity contribution in [2.45, 2.75) is 70.2 Å². The topological polar surface area (TPSA) is 15.6 Å². The number of nitrogens with zero attached hydrogens (tertiary/aromatic N) is 2. The van der Waals surface area contributed by atoms with Gasteiger partial charge in [-0.25, -0.2) is 0 Å². The summed E-state index contributed by atoms with van der Waals surface area (Å²) < 4.78 is 2.50. The molecule has 0 aliphatic heterocycles. The number of rotatable bonds is 8. The van der Waals surface area contributed by atoms with E-state index in [0.717, 1.165) is 31.2 Å². The Morgan fingerprint density at radius 1 is 0.926 bits per heavy atom. The summed E-state index contributed by atoms with van der Waals surface area (Å²) in [7, 11) is 0. The van der Waals surface area contributed by atoms with Crippen LogP contribution in [-0.2, 0) is 13.1 Å². The highest BCUT2D eigenvalue weighted by molar-refractivity contribution is 7.98. The molecule has 0 unspecified atom stereocenters. The summed E-state index contributed by atoms with van der Waals surface area (Å²) in [6.07, 6.45) is 9.01. The first-order valence-corrected chi connectivity index (χ1v) is 11.2. The third-order valence-electron chi connectivity index (χ3n) is 5.05. The lowest BCUT2D eigenvalue weighted by atomic mass is 10.0. The van der Waals surface area contributed by atoms with Gasteiger partial charge in [-0.2, -0.15) is 0 Å². The summed E-state index contributed by atoms with van der Waals surface area (Å²) in [4.78, 5) is 5.07. The molecule has 0 bridgehead atoms. The van der Waals surface area contributed by atoms with Crippen molar-refractivity contribution in [3.63, 3.8) is 0 Å². The van der Waals surface area contributed by atoms with Crippen LogP contribution in [0, 0.1) is 0 Å². The molecule has 0 amide bonds. The lowest BCUT2D eigenvalue weighted by Gasteiger charge is -2.31. The maximum atomic E-state index is 5.07. The van der Waals surface area contributed by atoms with E-state index in [9.17, 15) is 0 Å². The highest BCUT2D eigenvalue weighted by atomic mass is 32.2. The monoisotopic (exact) mass is 380 g/mol. The number of aliphatic imine (C=N–C) groups is 1. The largest absolute Gasteiger partial charge is 0.300 e. The standard InChI is InChI=1S/C24H32N2S/c1-2-12-24(25-19-21-13-6-3-7-14-21)26(20-22-15-8-4-9-16-22)27-23-17-10-5-11-18-23/h3-4,6-9,13-16,23H,2,5,10-12,17-20H2,1H3. The highest BCUT2D eigenvalue weighted by Crippen LogP contribution is 2.32. The van der Waals surface area contributed by atoms with E-state index < -0.39 is 0 Å². The summed E-state index contributed by atoms with van der Waals surface area (Å²) in [6.45, 7) is 3.96. The molecule has 0 N–H and O–H groups in total. The maximum absolute atomic E-state index is 5.07. The molecular formula is C24H32N2S. The lowest BCUT2D eigenvalue weighted by Crippen LogP contribution is -2.28. The van der Waals surface area contributed by atoms with Gasteiger partial charge in [-0.05, 0) is 42.3 Å². The molecule has 2 aromatic carbocycles. The molecule has 0 spiro atoms. The van der Waals surface area contributed by atoms with Crippen LogP contribution in [0.4, 0.5) is 0 Å². The third kappa shape index (κ3) is 6.73. The van der Waals surface area contributed by atoms with Crippen molar-refractivity contribution in [1.82, 2.24) is 4.31 Å². The average Bonchev–Trinajstić information content (AvgIpc) is 2.73. The van der Waals surface area contributed by atoms with Gasteiger partial charge in [0.05, 0.1) is 13.1 Å². The molecule has 0 aromatic heterocycles. The van der Waals surface area contributed by atoms with Gasteiger partial charge in [0.2, 0.25) is 0 Å². The van der Waals surface area contributed by atoms with E-state index in [2.05, 4.69) is 71.9 Å². The first-order valence-electron chi connectivity index (χ1n) is 10.4. The molecule has 0 heterocycles. The van der Waals surface area contributed by atoms with Crippen LogP contribution in [0.3, 0.4) is 0 Å². The Labute approximate surface area is 169 Å². The molecule has 1 aliphatic rings. The van der Waals surface area contributed by atoms with Gasteiger partial charge in [0.25, 0.3) is 0 Å². The Kier molecular flexibility index (Phi) is 8.29. The number of hydrogen-bond donors (Lipinski definition) is 0. The fourth-order valence-corrected chi connectivity index (χ4v) is 4.96. The van der Waals surface area contributed by atoms with Gasteiger partial charge in [-0.3, -0.25) is 9.30 Å². The summed E-state index contributed by atoms with van der Waals surface area (Å²) in [5.41, 5.74) is 2.65.